The molecule has 0 radical (unpaired) electrons. The predicted octanol–water partition coefficient (Wildman–Crippen LogP) is 3.00. The molecule has 4 rings (SSSR count). The molecule has 10 heteroatoms. The number of benzene rings is 1. The van der Waals surface area contributed by atoms with Crippen molar-refractivity contribution in [2.24, 2.45) is 0 Å². The number of nitrogens with one attached hydrogen (secondary N) is 2. The molecule has 2 heterocycles. The second kappa shape index (κ2) is 9.58. The van der Waals surface area contributed by atoms with Crippen LogP contribution in [0, 0.1) is 12.3 Å². The van der Waals surface area contributed by atoms with Gasteiger partial charge in [0, 0.05) is 19.1 Å². The van der Waals surface area contributed by atoms with Crippen molar-refractivity contribution in [3.05, 3.63) is 45.9 Å². The Labute approximate surface area is 193 Å². The molecule has 1 aromatic heterocycles. The summed E-state index contributed by atoms with van der Waals surface area (Å²) in [6.07, 6.45) is 6.17. The van der Waals surface area contributed by atoms with Crippen molar-refractivity contribution in [2.75, 3.05) is 19.6 Å². The molecule has 172 valence electrons. The van der Waals surface area contributed by atoms with Crippen LogP contribution in [0.2, 0.25) is 0 Å². The van der Waals surface area contributed by atoms with Gasteiger partial charge in [-0.05, 0) is 43.9 Å². The molecule has 0 bridgehead atoms. The summed E-state index contributed by atoms with van der Waals surface area (Å²) in [5.41, 5.74) is 3.31. The molecule has 0 atom stereocenters. The lowest BCUT2D eigenvalue weighted by Gasteiger charge is -2.32. The van der Waals surface area contributed by atoms with Crippen molar-refractivity contribution in [3.63, 3.8) is 0 Å². The number of carbonyl (C=O) groups excluding carboxylic acids is 1. The Bertz CT molecular complexity index is 1080. The number of aryl methyl sites for hydroxylation is 1. The summed E-state index contributed by atoms with van der Waals surface area (Å²) in [5, 5.41) is 11.4. The zero-order valence-corrected chi connectivity index (χ0v) is 19.8. The monoisotopic (exact) mass is 475 g/mol. The van der Waals surface area contributed by atoms with Gasteiger partial charge in [0.25, 0.3) is 15.9 Å². The summed E-state index contributed by atoms with van der Waals surface area (Å²) in [6, 6.07) is 7.01. The smallest absolute Gasteiger partial charge is 0.266 e. The van der Waals surface area contributed by atoms with E-state index in [4.69, 9.17) is 5.41 Å². The van der Waals surface area contributed by atoms with Gasteiger partial charge >= 0.3 is 0 Å². The molecular weight excluding hydrogens is 446 g/mol. The van der Waals surface area contributed by atoms with Crippen molar-refractivity contribution in [2.45, 2.75) is 56.4 Å². The Hall–Kier alpha value is -2.46. The summed E-state index contributed by atoms with van der Waals surface area (Å²) in [5.74, 6) is -0.0405. The highest BCUT2D eigenvalue weighted by molar-refractivity contribution is 7.89. The first-order valence-electron chi connectivity index (χ1n) is 11.0. The quantitative estimate of drug-likeness (QED) is 0.640. The molecule has 2 aromatic rings. The number of amides is 1. The third-order valence-corrected chi connectivity index (χ3v) is 8.96. The van der Waals surface area contributed by atoms with E-state index in [2.05, 4.69) is 10.3 Å². The number of guanidine groups is 1. The van der Waals surface area contributed by atoms with E-state index in [9.17, 15) is 13.2 Å². The average molecular weight is 476 g/mol. The topological polar surface area (TPSA) is 106 Å². The SMILES string of the molecule is Cc1ncsc1C(=O)NCCc1ccc(S(=O)(=O)N2CCN(C3CCCCC3)C2=N)cc1. The van der Waals surface area contributed by atoms with Crippen molar-refractivity contribution in [1.82, 2.24) is 19.5 Å². The van der Waals surface area contributed by atoms with E-state index in [0.717, 1.165) is 36.9 Å². The van der Waals surface area contributed by atoms with E-state index in [1.54, 1.807) is 36.7 Å². The molecule has 1 aliphatic carbocycles. The minimum Gasteiger partial charge on any atom is -0.351 e. The van der Waals surface area contributed by atoms with E-state index in [-0.39, 0.29) is 22.8 Å². The second-order valence-electron chi connectivity index (χ2n) is 8.30. The largest absolute Gasteiger partial charge is 0.351 e. The number of carbonyl (C=O) groups is 1. The molecule has 32 heavy (non-hydrogen) atoms. The minimum atomic E-state index is -3.75. The summed E-state index contributed by atoms with van der Waals surface area (Å²) >= 11 is 1.31. The molecule has 8 nitrogen and oxygen atoms in total. The number of hydrogen-bond acceptors (Lipinski definition) is 6. The molecule has 1 aromatic carbocycles. The number of sulfonamides is 1. The number of hydrogen-bond donors (Lipinski definition) is 2. The number of nitrogens with zero attached hydrogens (tertiary/aromatic N) is 3. The van der Waals surface area contributed by atoms with E-state index >= 15 is 0 Å². The molecule has 1 aliphatic heterocycles. The van der Waals surface area contributed by atoms with E-state index in [1.807, 2.05) is 4.90 Å². The highest BCUT2D eigenvalue weighted by Gasteiger charge is 2.38. The van der Waals surface area contributed by atoms with Crippen LogP contribution in [0.3, 0.4) is 0 Å². The molecule has 0 spiro atoms. The molecule has 2 aliphatic rings. The highest BCUT2D eigenvalue weighted by atomic mass is 32.2. The first kappa shape index (κ1) is 22.7. The molecule has 2 fully saturated rings. The van der Waals surface area contributed by atoms with Gasteiger partial charge in [-0.1, -0.05) is 31.4 Å². The molecule has 1 amide bonds. The van der Waals surface area contributed by atoms with Crippen LogP contribution in [0.1, 0.15) is 53.0 Å². The summed E-state index contributed by atoms with van der Waals surface area (Å²) in [6.45, 7) is 3.16. The minimum absolute atomic E-state index is 0.0991. The van der Waals surface area contributed by atoms with Crippen molar-refractivity contribution >= 4 is 33.2 Å². The Morgan fingerprint density at radius 2 is 1.91 bits per heavy atom. The van der Waals surface area contributed by atoms with Crippen LogP contribution in [0.5, 0.6) is 0 Å². The Morgan fingerprint density at radius 3 is 2.56 bits per heavy atom. The highest BCUT2D eigenvalue weighted by Crippen LogP contribution is 2.28. The van der Waals surface area contributed by atoms with Crippen molar-refractivity contribution < 1.29 is 13.2 Å². The van der Waals surface area contributed by atoms with E-state index < -0.39 is 10.0 Å². The Balaban J connectivity index is 1.35. The first-order chi connectivity index (χ1) is 15.4. The van der Waals surface area contributed by atoms with Gasteiger partial charge in [0.1, 0.15) is 4.88 Å². The maximum atomic E-state index is 13.1. The van der Waals surface area contributed by atoms with Gasteiger partial charge in [-0.2, -0.15) is 0 Å². The standard InChI is InChI=1S/C22H29N5O3S2/c1-16-20(31-15-25-16)21(28)24-12-11-17-7-9-19(10-8-17)32(29,30)27-14-13-26(22(27)23)18-5-3-2-4-6-18/h7-10,15,18,23H,2-6,11-14H2,1H3,(H,24,28). The molecule has 1 saturated heterocycles. The average Bonchev–Trinajstić information content (AvgIpc) is 3.40. The normalized spacial score (nSPS) is 17.7. The maximum absolute atomic E-state index is 13.1. The molecule has 2 N–H and O–H groups in total. The first-order valence-corrected chi connectivity index (χ1v) is 13.3. The number of rotatable bonds is 7. The van der Waals surface area contributed by atoms with Crippen LogP contribution in [0.4, 0.5) is 0 Å². The van der Waals surface area contributed by atoms with Gasteiger partial charge in [0.2, 0.25) is 5.96 Å². The number of aromatic nitrogens is 1. The lowest BCUT2D eigenvalue weighted by atomic mass is 9.94. The van der Waals surface area contributed by atoms with Crippen LogP contribution >= 0.6 is 11.3 Å². The predicted molar refractivity (Wildman–Crippen MR) is 125 cm³/mol. The van der Waals surface area contributed by atoms with Crippen LogP contribution in [-0.4, -0.2) is 60.1 Å². The summed E-state index contributed by atoms with van der Waals surface area (Å²) in [4.78, 5) is 19.0. The van der Waals surface area contributed by atoms with E-state index in [0.29, 0.717) is 30.9 Å². The van der Waals surface area contributed by atoms with Crippen molar-refractivity contribution in [3.8, 4) is 0 Å². The zero-order chi connectivity index (χ0) is 22.7. The number of thiazole rings is 1. The van der Waals surface area contributed by atoms with Gasteiger partial charge in [0.15, 0.2) is 0 Å². The fraction of sp³-hybridized carbons (Fsp3) is 0.500. The van der Waals surface area contributed by atoms with Gasteiger partial charge in [-0.25, -0.2) is 17.7 Å². The maximum Gasteiger partial charge on any atom is 0.266 e. The Morgan fingerprint density at radius 1 is 1.19 bits per heavy atom. The van der Waals surface area contributed by atoms with Gasteiger partial charge in [0.05, 0.1) is 22.6 Å². The third-order valence-electron chi connectivity index (χ3n) is 6.23. The van der Waals surface area contributed by atoms with Crippen LogP contribution in [-0.2, 0) is 16.4 Å². The van der Waals surface area contributed by atoms with Crippen LogP contribution in [0.15, 0.2) is 34.7 Å². The summed E-state index contributed by atoms with van der Waals surface area (Å²) in [7, 11) is -3.75. The molecule has 1 saturated carbocycles. The van der Waals surface area contributed by atoms with Gasteiger partial charge in [-0.15, -0.1) is 11.3 Å². The van der Waals surface area contributed by atoms with Crippen LogP contribution < -0.4 is 5.32 Å². The van der Waals surface area contributed by atoms with E-state index in [1.165, 1.54) is 22.1 Å². The fourth-order valence-corrected chi connectivity index (χ4v) is 6.52. The lowest BCUT2D eigenvalue weighted by molar-refractivity contribution is 0.0957. The second-order valence-corrected chi connectivity index (χ2v) is 11.0. The fourth-order valence-electron chi connectivity index (χ4n) is 4.41. The molecule has 0 unspecified atom stereocenters. The molecular formula is C22H29N5O3S2. The zero-order valence-electron chi connectivity index (χ0n) is 18.2. The van der Waals surface area contributed by atoms with Gasteiger partial charge < -0.3 is 10.2 Å². The van der Waals surface area contributed by atoms with Crippen molar-refractivity contribution in [1.29, 1.82) is 5.41 Å². The van der Waals surface area contributed by atoms with Gasteiger partial charge in [-0.3, -0.25) is 10.2 Å². The summed E-state index contributed by atoms with van der Waals surface area (Å²) < 4.78 is 27.5. The van der Waals surface area contributed by atoms with Crippen LogP contribution in [0.25, 0.3) is 0 Å². The third kappa shape index (κ3) is 4.66. The lowest BCUT2D eigenvalue weighted by Crippen LogP contribution is -2.42. The Kier molecular flexibility index (Phi) is 6.80.